The molecule has 2 nitrogen and oxygen atoms in total. The summed E-state index contributed by atoms with van der Waals surface area (Å²) < 4.78 is 13.7. The summed E-state index contributed by atoms with van der Waals surface area (Å²) in [5, 5.41) is 0. The smallest absolute Gasteiger partial charge is 0.256 e. The topological polar surface area (TPSA) is 20.3 Å². The molecule has 0 aliphatic heterocycles. The van der Waals surface area contributed by atoms with Gasteiger partial charge in [-0.25, -0.2) is 4.39 Å². The largest absolute Gasteiger partial charge is 0.341 e. The van der Waals surface area contributed by atoms with Gasteiger partial charge in [0, 0.05) is 19.3 Å². The Balaban J connectivity index is 2.84. The molecule has 0 heterocycles. The van der Waals surface area contributed by atoms with Crippen LogP contribution < -0.4 is 0 Å². The predicted molar refractivity (Wildman–Crippen MR) is 66.5 cm³/mol. The highest BCUT2D eigenvalue weighted by Gasteiger charge is 2.16. The zero-order valence-corrected chi connectivity index (χ0v) is 10.6. The van der Waals surface area contributed by atoms with Crippen molar-refractivity contribution in [3.8, 4) is 0 Å². The van der Waals surface area contributed by atoms with E-state index in [4.69, 9.17) is 0 Å². The summed E-state index contributed by atoms with van der Waals surface area (Å²) in [6.07, 6.45) is 1.98. The van der Waals surface area contributed by atoms with E-state index in [0.29, 0.717) is 12.1 Å². The van der Waals surface area contributed by atoms with Crippen molar-refractivity contribution in [1.29, 1.82) is 0 Å². The molecule has 4 heteroatoms. The number of carbonyl (C=O) groups is 1. The molecule has 0 fully saturated rings. The summed E-state index contributed by atoms with van der Waals surface area (Å²) in [6.45, 7) is 2.29. The minimum Gasteiger partial charge on any atom is -0.341 e. The third-order valence-electron chi connectivity index (χ3n) is 2.40. The molecule has 0 radical (unpaired) electrons. The van der Waals surface area contributed by atoms with E-state index in [-0.39, 0.29) is 11.5 Å². The van der Waals surface area contributed by atoms with Gasteiger partial charge in [0.15, 0.2) is 0 Å². The molecular weight excluding hydrogens is 225 g/mol. The van der Waals surface area contributed by atoms with E-state index in [0.717, 1.165) is 5.75 Å². The number of rotatable bonds is 4. The minimum absolute atomic E-state index is 0.156. The van der Waals surface area contributed by atoms with E-state index in [9.17, 15) is 9.18 Å². The van der Waals surface area contributed by atoms with Crippen LogP contribution >= 0.6 is 11.8 Å². The van der Waals surface area contributed by atoms with Crippen LogP contribution in [-0.2, 0) is 0 Å². The van der Waals surface area contributed by atoms with Crippen LogP contribution in [0.1, 0.15) is 15.9 Å². The Hall–Kier alpha value is -1.03. The normalized spacial score (nSPS) is 10.2. The van der Waals surface area contributed by atoms with Crippen molar-refractivity contribution < 1.29 is 9.18 Å². The van der Waals surface area contributed by atoms with Crippen molar-refractivity contribution in [3.63, 3.8) is 0 Å². The molecule has 1 amide bonds. The monoisotopic (exact) mass is 241 g/mol. The van der Waals surface area contributed by atoms with Gasteiger partial charge in [0.2, 0.25) is 0 Å². The van der Waals surface area contributed by atoms with E-state index in [1.54, 1.807) is 42.8 Å². The molecule has 0 saturated heterocycles. The van der Waals surface area contributed by atoms with Crippen LogP contribution in [0.2, 0.25) is 0 Å². The maximum Gasteiger partial charge on any atom is 0.256 e. The molecule has 1 rings (SSSR count). The fraction of sp³-hybridized carbons (Fsp3) is 0.417. The Morgan fingerprint density at radius 3 is 2.81 bits per heavy atom. The van der Waals surface area contributed by atoms with E-state index in [1.165, 1.54) is 6.07 Å². The number of aryl methyl sites for hydroxylation is 1. The zero-order chi connectivity index (χ0) is 12.1. The van der Waals surface area contributed by atoms with Crippen LogP contribution in [0.5, 0.6) is 0 Å². The number of nitrogens with zero attached hydrogens (tertiary/aromatic N) is 1. The van der Waals surface area contributed by atoms with Crippen molar-refractivity contribution in [1.82, 2.24) is 4.90 Å². The average molecular weight is 241 g/mol. The average Bonchev–Trinajstić information content (AvgIpc) is 2.28. The fourth-order valence-corrected chi connectivity index (χ4v) is 1.80. The highest BCUT2D eigenvalue weighted by molar-refractivity contribution is 7.98. The van der Waals surface area contributed by atoms with Crippen LogP contribution in [0.4, 0.5) is 4.39 Å². The van der Waals surface area contributed by atoms with Gasteiger partial charge in [-0.05, 0) is 24.8 Å². The number of amides is 1. The van der Waals surface area contributed by atoms with Gasteiger partial charge in [0.05, 0.1) is 5.56 Å². The highest BCUT2D eigenvalue weighted by Crippen LogP contribution is 2.13. The van der Waals surface area contributed by atoms with Gasteiger partial charge < -0.3 is 4.90 Å². The van der Waals surface area contributed by atoms with Crippen LogP contribution in [0.3, 0.4) is 0 Å². The van der Waals surface area contributed by atoms with E-state index in [2.05, 4.69) is 0 Å². The van der Waals surface area contributed by atoms with Gasteiger partial charge in [-0.15, -0.1) is 0 Å². The Labute approximate surface area is 99.8 Å². The Morgan fingerprint density at radius 1 is 1.50 bits per heavy atom. The molecular formula is C12H16FNOS. The molecule has 16 heavy (non-hydrogen) atoms. The first-order valence-corrected chi connectivity index (χ1v) is 6.46. The molecule has 0 aromatic heterocycles. The van der Waals surface area contributed by atoms with Crippen LogP contribution in [0, 0.1) is 12.7 Å². The van der Waals surface area contributed by atoms with Crippen LogP contribution in [0.15, 0.2) is 18.2 Å². The lowest BCUT2D eigenvalue weighted by Gasteiger charge is -2.17. The number of halogens is 1. The summed E-state index contributed by atoms with van der Waals surface area (Å²) in [4.78, 5) is 13.5. The third kappa shape index (κ3) is 2.98. The molecule has 0 saturated carbocycles. The molecule has 0 N–H and O–H groups in total. The molecule has 1 aromatic carbocycles. The summed E-state index contributed by atoms with van der Waals surface area (Å²) in [5.74, 6) is 0.189. The van der Waals surface area contributed by atoms with Gasteiger partial charge in [0.1, 0.15) is 5.82 Å². The molecule has 0 atom stereocenters. The summed E-state index contributed by atoms with van der Waals surface area (Å²) >= 11 is 1.66. The van der Waals surface area contributed by atoms with Crippen LogP contribution in [0.25, 0.3) is 0 Å². The first-order chi connectivity index (χ1) is 7.57. The summed E-state index contributed by atoms with van der Waals surface area (Å²) in [6, 6.07) is 4.89. The summed E-state index contributed by atoms with van der Waals surface area (Å²) in [5.41, 5.74) is 0.660. The number of carbonyl (C=O) groups excluding carboxylic acids is 1. The Kier molecular flexibility index (Phi) is 4.80. The molecule has 0 bridgehead atoms. The van der Waals surface area contributed by atoms with Crippen molar-refractivity contribution in [2.75, 3.05) is 25.6 Å². The first kappa shape index (κ1) is 13.0. The van der Waals surface area contributed by atoms with Gasteiger partial charge in [-0.1, -0.05) is 12.1 Å². The van der Waals surface area contributed by atoms with Crippen molar-refractivity contribution >= 4 is 17.7 Å². The van der Waals surface area contributed by atoms with Gasteiger partial charge >= 0.3 is 0 Å². The number of hydrogen-bond acceptors (Lipinski definition) is 2. The van der Waals surface area contributed by atoms with E-state index >= 15 is 0 Å². The van der Waals surface area contributed by atoms with Gasteiger partial charge in [-0.2, -0.15) is 11.8 Å². The van der Waals surface area contributed by atoms with Crippen molar-refractivity contribution in [3.05, 3.63) is 35.1 Å². The lowest BCUT2D eigenvalue weighted by atomic mass is 10.1. The lowest BCUT2D eigenvalue weighted by molar-refractivity contribution is 0.0799. The maximum atomic E-state index is 13.7. The molecule has 0 aliphatic rings. The molecule has 0 spiro atoms. The quantitative estimate of drug-likeness (QED) is 0.807. The minimum atomic E-state index is -0.413. The predicted octanol–water partition coefficient (Wildman–Crippen LogP) is 2.57. The number of benzene rings is 1. The Morgan fingerprint density at radius 2 is 2.19 bits per heavy atom. The standard InChI is InChI=1S/C12H16FNOS/c1-9-5-4-6-10(11(9)13)12(15)14(2)7-8-16-3/h4-6H,7-8H2,1-3H3. The summed E-state index contributed by atoms with van der Waals surface area (Å²) in [7, 11) is 1.69. The second-order valence-electron chi connectivity index (χ2n) is 3.66. The molecule has 88 valence electrons. The fourth-order valence-electron chi connectivity index (χ4n) is 1.35. The molecule has 1 aromatic rings. The number of thioether (sulfide) groups is 1. The highest BCUT2D eigenvalue weighted by atomic mass is 32.2. The molecule has 0 unspecified atom stereocenters. The van der Waals surface area contributed by atoms with E-state index < -0.39 is 5.82 Å². The van der Waals surface area contributed by atoms with Gasteiger partial charge in [0.25, 0.3) is 5.91 Å². The lowest BCUT2D eigenvalue weighted by Crippen LogP contribution is -2.29. The van der Waals surface area contributed by atoms with E-state index in [1.807, 2.05) is 6.26 Å². The van der Waals surface area contributed by atoms with Crippen LogP contribution in [-0.4, -0.2) is 36.4 Å². The first-order valence-electron chi connectivity index (χ1n) is 5.07. The van der Waals surface area contributed by atoms with Crippen molar-refractivity contribution in [2.24, 2.45) is 0 Å². The Bertz CT molecular complexity index is 381. The van der Waals surface area contributed by atoms with Crippen molar-refractivity contribution in [2.45, 2.75) is 6.92 Å². The second kappa shape index (κ2) is 5.89. The SMILES string of the molecule is CSCCN(C)C(=O)c1cccc(C)c1F. The van der Waals surface area contributed by atoms with Gasteiger partial charge in [-0.3, -0.25) is 4.79 Å². The maximum absolute atomic E-state index is 13.7. The number of hydrogen-bond donors (Lipinski definition) is 0. The third-order valence-corrected chi connectivity index (χ3v) is 2.99. The zero-order valence-electron chi connectivity index (χ0n) is 9.79. The second-order valence-corrected chi connectivity index (χ2v) is 4.64. The molecule has 0 aliphatic carbocycles.